The molecule has 0 spiro atoms. The fraction of sp³-hybridized carbons (Fsp3) is 0.538. The van der Waals surface area contributed by atoms with Crippen molar-refractivity contribution in [3.63, 3.8) is 0 Å². The van der Waals surface area contributed by atoms with Gasteiger partial charge in [-0.15, -0.1) is 0 Å². The molecule has 112 valence electrons. The van der Waals surface area contributed by atoms with Gasteiger partial charge in [0.1, 0.15) is 10.7 Å². The van der Waals surface area contributed by atoms with Crippen LogP contribution >= 0.6 is 15.9 Å². The van der Waals surface area contributed by atoms with E-state index in [1.165, 1.54) is 12.1 Å². The highest BCUT2D eigenvalue weighted by atomic mass is 79.9. The first kappa shape index (κ1) is 15.9. The van der Waals surface area contributed by atoms with Crippen molar-refractivity contribution in [1.82, 2.24) is 4.72 Å². The van der Waals surface area contributed by atoms with E-state index < -0.39 is 15.8 Å². The second-order valence-electron chi connectivity index (χ2n) is 5.06. The molecule has 20 heavy (non-hydrogen) atoms. The monoisotopic (exact) mass is 365 g/mol. The molecule has 7 heteroatoms. The van der Waals surface area contributed by atoms with Crippen LogP contribution in [0.5, 0.6) is 0 Å². The van der Waals surface area contributed by atoms with Crippen molar-refractivity contribution in [3.8, 4) is 0 Å². The van der Waals surface area contributed by atoms with Gasteiger partial charge in [0.15, 0.2) is 0 Å². The molecule has 0 radical (unpaired) electrons. The average molecular weight is 366 g/mol. The number of benzene rings is 1. The topological polar surface area (TPSA) is 66.4 Å². The summed E-state index contributed by atoms with van der Waals surface area (Å²) in [5.41, 5.74) is 0. The van der Waals surface area contributed by atoms with E-state index in [0.717, 1.165) is 25.3 Å². The third-order valence-corrected chi connectivity index (χ3v) is 5.72. The molecule has 1 aromatic rings. The summed E-state index contributed by atoms with van der Waals surface area (Å²) in [4.78, 5) is -0.348. The van der Waals surface area contributed by atoms with Crippen molar-refractivity contribution < 1.29 is 17.9 Å². The van der Waals surface area contributed by atoms with Gasteiger partial charge in [-0.2, -0.15) is 0 Å². The number of hydrogen-bond donors (Lipinski definition) is 2. The summed E-state index contributed by atoms with van der Waals surface area (Å²) in [7, 11) is -3.85. The lowest BCUT2D eigenvalue weighted by Crippen LogP contribution is -2.32. The van der Waals surface area contributed by atoms with E-state index in [2.05, 4.69) is 20.7 Å². The maximum atomic E-state index is 13.7. The van der Waals surface area contributed by atoms with Crippen LogP contribution in [-0.4, -0.2) is 26.7 Å². The number of hydrogen-bond acceptors (Lipinski definition) is 3. The Balaban J connectivity index is 2.07. The van der Waals surface area contributed by atoms with Crippen molar-refractivity contribution in [3.05, 3.63) is 28.5 Å². The Kier molecular flexibility index (Phi) is 5.17. The lowest BCUT2D eigenvalue weighted by atomic mass is 9.97. The smallest absolute Gasteiger partial charge is 0.243 e. The zero-order chi connectivity index (χ0) is 14.8. The summed E-state index contributed by atoms with van der Waals surface area (Å²) in [6, 6.07) is 3.85. The van der Waals surface area contributed by atoms with Gasteiger partial charge in [-0.05, 0) is 42.9 Å². The summed E-state index contributed by atoms with van der Waals surface area (Å²) in [5.74, 6) is -0.530. The second kappa shape index (κ2) is 6.51. The number of aliphatic hydroxyl groups excluding tert-OH is 1. The van der Waals surface area contributed by atoms with Crippen LogP contribution in [0, 0.1) is 17.7 Å². The number of rotatable bonds is 5. The van der Waals surface area contributed by atoms with E-state index >= 15 is 0 Å². The van der Waals surface area contributed by atoms with Gasteiger partial charge in [-0.3, -0.25) is 0 Å². The Hall–Kier alpha value is -0.500. The van der Waals surface area contributed by atoms with Crippen LogP contribution in [0.3, 0.4) is 0 Å². The molecular formula is C13H17BrFNO3S. The molecule has 0 heterocycles. The predicted octanol–water partition coefficient (Wildman–Crippen LogP) is 2.28. The molecule has 2 unspecified atom stereocenters. The van der Waals surface area contributed by atoms with Crippen LogP contribution in [0.2, 0.25) is 0 Å². The molecule has 0 saturated heterocycles. The van der Waals surface area contributed by atoms with Gasteiger partial charge in [0, 0.05) is 17.6 Å². The van der Waals surface area contributed by atoms with Gasteiger partial charge in [0.2, 0.25) is 10.0 Å². The lowest BCUT2D eigenvalue weighted by Gasteiger charge is -2.18. The molecule has 2 rings (SSSR count). The van der Waals surface area contributed by atoms with Crippen molar-refractivity contribution in [1.29, 1.82) is 0 Å². The molecule has 0 amide bonds. The molecule has 1 aliphatic carbocycles. The average Bonchev–Trinajstić information content (AvgIpc) is 2.83. The van der Waals surface area contributed by atoms with Crippen LogP contribution in [0.4, 0.5) is 4.39 Å². The first-order chi connectivity index (χ1) is 9.44. The van der Waals surface area contributed by atoms with E-state index in [-0.39, 0.29) is 29.9 Å². The molecule has 4 nitrogen and oxygen atoms in total. The molecule has 1 aliphatic rings. The van der Waals surface area contributed by atoms with E-state index in [1.807, 2.05) is 0 Å². The molecule has 1 saturated carbocycles. The molecular weight excluding hydrogens is 349 g/mol. The van der Waals surface area contributed by atoms with Gasteiger partial charge >= 0.3 is 0 Å². The number of halogens is 2. The van der Waals surface area contributed by atoms with Crippen LogP contribution in [0.15, 0.2) is 27.6 Å². The number of nitrogens with one attached hydrogen (secondary N) is 1. The quantitative estimate of drug-likeness (QED) is 0.840. The molecule has 1 fully saturated rings. The summed E-state index contributed by atoms with van der Waals surface area (Å²) in [5, 5.41) is 9.22. The first-order valence-electron chi connectivity index (χ1n) is 6.49. The number of sulfonamides is 1. The van der Waals surface area contributed by atoms with Crippen LogP contribution in [0.25, 0.3) is 0 Å². The maximum Gasteiger partial charge on any atom is 0.243 e. The Morgan fingerprint density at radius 1 is 1.35 bits per heavy atom. The summed E-state index contributed by atoms with van der Waals surface area (Å²) >= 11 is 3.09. The lowest BCUT2D eigenvalue weighted by molar-refractivity contribution is 0.195. The minimum absolute atomic E-state index is 0.0685. The normalized spacial score (nSPS) is 23.1. The molecule has 2 atom stereocenters. The van der Waals surface area contributed by atoms with Gasteiger partial charge in [0.25, 0.3) is 0 Å². The molecule has 1 aromatic carbocycles. The second-order valence-corrected chi connectivity index (χ2v) is 7.71. The Bertz CT molecular complexity index is 579. The van der Waals surface area contributed by atoms with E-state index in [1.54, 1.807) is 0 Å². The first-order valence-corrected chi connectivity index (χ1v) is 8.77. The highest BCUT2D eigenvalue weighted by Crippen LogP contribution is 2.31. The summed E-state index contributed by atoms with van der Waals surface area (Å²) in [6.45, 7) is 0.308. The number of aliphatic hydroxyl groups is 1. The van der Waals surface area contributed by atoms with Crippen molar-refractivity contribution in [2.75, 3.05) is 13.2 Å². The molecule has 2 N–H and O–H groups in total. The summed E-state index contributed by atoms with van der Waals surface area (Å²) in [6.07, 6.45) is 2.79. The van der Waals surface area contributed by atoms with E-state index in [9.17, 15) is 17.9 Å². The zero-order valence-electron chi connectivity index (χ0n) is 10.9. The van der Waals surface area contributed by atoms with Crippen LogP contribution < -0.4 is 4.72 Å². The van der Waals surface area contributed by atoms with Crippen molar-refractivity contribution in [2.45, 2.75) is 24.2 Å². The Morgan fingerprint density at radius 3 is 2.70 bits per heavy atom. The van der Waals surface area contributed by atoms with Crippen LogP contribution in [-0.2, 0) is 10.0 Å². The third kappa shape index (κ3) is 3.58. The molecule has 0 aromatic heterocycles. The fourth-order valence-corrected chi connectivity index (χ4v) is 4.10. The predicted molar refractivity (Wildman–Crippen MR) is 77.2 cm³/mol. The largest absolute Gasteiger partial charge is 0.396 e. The Morgan fingerprint density at radius 2 is 2.05 bits per heavy atom. The SMILES string of the molecule is O=S(=O)(NCC1CCCC1CO)c1ccc(Br)cc1F. The standard InChI is InChI=1S/C13H17BrFNO3S/c14-11-4-5-13(12(15)6-11)20(18,19)16-7-9-2-1-3-10(9)8-17/h4-6,9-10,16-17H,1-3,7-8H2. The molecule has 0 aliphatic heterocycles. The van der Waals surface area contributed by atoms with Gasteiger partial charge in [-0.1, -0.05) is 22.4 Å². The van der Waals surface area contributed by atoms with Gasteiger partial charge in [0.05, 0.1) is 0 Å². The Labute approximate surface area is 126 Å². The highest BCUT2D eigenvalue weighted by Gasteiger charge is 2.28. The summed E-state index contributed by atoms with van der Waals surface area (Å²) < 4.78 is 40.8. The maximum absolute atomic E-state index is 13.7. The minimum Gasteiger partial charge on any atom is -0.396 e. The fourth-order valence-electron chi connectivity index (χ4n) is 2.61. The zero-order valence-corrected chi connectivity index (χ0v) is 13.3. The molecule has 0 bridgehead atoms. The van der Waals surface area contributed by atoms with Crippen LogP contribution in [0.1, 0.15) is 19.3 Å². The van der Waals surface area contributed by atoms with E-state index in [4.69, 9.17) is 0 Å². The van der Waals surface area contributed by atoms with E-state index in [0.29, 0.717) is 4.47 Å². The highest BCUT2D eigenvalue weighted by molar-refractivity contribution is 9.10. The van der Waals surface area contributed by atoms with Gasteiger partial charge in [-0.25, -0.2) is 17.5 Å². The van der Waals surface area contributed by atoms with Crippen molar-refractivity contribution in [2.24, 2.45) is 11.8 Å². The van der Waals surface area contributed by atoms with Crippen molar-refractivity contribution >= 4 is 26.0 Å². The minimum atomic E-state index is -3.85. The third-order valence-electron chi connectivity index (χ3n) is 3.77. The van der Waals surface area contributed by atoms with Gasteiger partial charge < -0.3 is 5.11 Å².